The molecule has 1 fully saturated rings. The summed E-state index contributed by atoms with van der Waals surface area (Å²) in [4.78, 5) is 11.3. The van der Waals surface area contributed by atoms with Gasteiger partial charge in [-0.1, -0.05) is 6.42 Å². The minimum atomic E-state index is 0.0245. The zero-order valence-electron chi connectivity index (χ0n) is 9.30. The quantitative estimate of drug-likeness (QED) is 0.615. The molecule has 15 heavy (non-hydrogen) atoms. The van der Waals surface area contributed by atoms with Crippen molar-refractivity contribution in [2.45, 2.75) is 32.1 Å². The van der Waals surface area contributed by atoms with Crippen molar-refractivity contribution in [2.75, 3.05) is 26.2 Å². The number of aliphatic hydroxyl groups is 1. The molecule has 1 heterocycles. The van der Waals surface area contributed by atoms with Crippen LogP contribution in [0.5, 0.6) is 0 Å². The minimum Gasteiger partial charge on any atom is -0.395 e. The molecule has 0 aromatic carbocycles. The highest BCUT2D eigenvalue weighted by molar-refractivity contribution is 5.75. The molecule has 0 bridgehead atoms. The van der Waals surface area contributed by atoms with Crippen LogP contribution in [0, 0.1) is 5.92 Å². The highest BCUT2D eigenvalue weighted by Crippen LogP contribution is 2.16. The first-order chi connectivity index (χ1) is 7.33. The first kappa shape index (κ1) is 12.5. The van der Waals surface area contributed by atoms with Gasteiger partial charge in [0.15, 0.2) is 0 Å². The van der Waals surface area contributed by atoms with E-state index in [9.17, 15) is 4.79 Å². The molecular formula is C11H22N2O2. The smallest absolute Gasteiger partial charge is 0.220 e. The van der Waals surface area contributed by atoms with Gasteiger partial charge in [-0.25, -0.2) is 0 Å². The summed E-state index contributed by atoms with van der Waals surface area (Å²) in [5.74, 6) is 0.709. The molecule has 88 valence electrons. The summed E-state index contributed by atoms with van der Waals surface area (Å²) < 4.78 is 0. The van der Waals surface area contributed by atoms with E-state index in [0.717, 1.165) is 19.5 Å². The van der Waals surface area contributed by atoms with Gasteiger partial charge in [-0.05, 0) is 38.3 Å². The highest BCUT2D eigenvalue weighted by atomic mass is 16.3. The number of hydrogen-bond acceptors (Lipinski definition) is 3. The maximum absolute atomic E-state index is 11.3. The standard InChI is InChI=1S/C11H22N2O2/c14-8-7-13-11(15)5-4-10-3-1-2-6-12-9-10/h10,12,14H,1-9H2,(H,13,15). The minimum absolute atomic E-state index is 0.0245. The van der Waals surface area contributed by atoms with Crippen LogP contribution in [0.1, 0.15) is 32.1 Å². The Kier molecular flexibility index (Phi) is 6.36. The van der Waals surface area contributed by atoms with Crippen molar-refractivity contribution in [3.05, 3.63) is 0 Å². The van der Waals surface area contributed by atoms with E-state index in [1.54, 1.807) is 0 Å². The van der Waals surface area contributed by atoms with Crippen LogP contribution in [-0.2, 0) is 4.79 Å². The molecule has 1 unspecified atom stereocenters. The zero-order chi connectivity index (χ0) is 10.9. The van der Waals surface area contributed by atoms with Gasteiger partial charge in [-0.3, -0.25) is 4.79 Å². The van der Waals surface area contributed by atoms with Crippen LogP contribution in [0.2, 0.25) is 0 Å². The summed E-state index contributed by atoms with van der Waals surface area (Å²) in [5.41, 5.74) is 0. The second kappa shape index (κ2) is 7.65. The van der Waals surface area contributed by atoms with E-state index in [2.05, 4.69) is 10.6 Å². The van der Waals surface area contributed by atoms with E-state index in [0.29, 0.717) is 18.9 Å². The molecule has 1 amide bonds. The van der Waals surface area contributed by atoms with Crippen LogP contribution in [-0.4, -0.2) is 37.3 Å². The summed E-state index contributed by atoms with van der Waals surface area (Å²) in [6.07, 6.45) is 5.32. The molecule has 1 rings (SSSR count). The van der Waals surface area contributed by atoms with Crippen LogP contribution >= 0.6 is 0 Å². The van der Waals surface area contributed by atoms with Crippen molar-refractivity contribution < 1.29 is 9.90 Å². The van der Waals surface area contributed by atoms with Crippen LogP contribution in [0.3, 0.4) is 0 Å². The zero-order valence-corrected chi connectivity index (χ0v) is 9.30. The maximum Gasteiger partial charge on any atom is 0.220 e. The third-order valence-electron chi connectivity index (χ3n) is 2.86. The van der Waals surface area contributed by atoms with Crippen LogP contribution in [0.25, 0.3) is 0 Å². The number of nitrogens with one attached hydrogen (secondary N) is 2. The average molecular weight is 214 g/mol. The summed E-state index contributed by atoms with van der Waals surface area (Å²) >= 11 is 0. The lowest BCUT2D eigenvalue weighted by Gasteiger charge is -2.13. The number of aliphatic hydroxyl groups excluding tert-OH is 1. The number of carbonyl (C=O) groups excluding carboxylic acids is 1. The second-order valence-corrected chi connectivity index (χ2v) is 4.18. The van der Waals surface area contributed by atoms with E-state index in [1.807, 2.05) is 0 Å². The molecule has 0 aromatic rings. The van der Waals surface area contributed by atoms with Gasteiger partial charge in [0.2, 0.25) is 5.91 Å². The molecule has 4 heteroatoms. The normalized spacial score (nSPS) is 22.1. The maximum atomic E-state index is 11.3. The topological polar surface area (TPSA) is 61.4 Å². The van der Waals surface area contributed by atoms with Crippen molar-refractivity contribution in [1.29, 1.82) is 0 Å². The van der Waals surface area contributed by atoms with Crippen molar-refractivity contribution >= 4 is 5.91 Å². The summed E-state index contributed by atoms with van der Waals surface area (Å²) in [6, 6.07) is 0. The lowest BCUT2D eigenvalue weighted by atomic mass is 9.98. The van der Waals surface area contributed by atoms with E-state index in [-0.39, 0.29) is 12.5 Å². The number of rotatable bonds is 5. The first-order valence-corrected chi connectivity index (χ1v) is 5.91. The Morgan fingerprint density at radius 2 is 2.33 bits per heavy atom. The molecule has 4 nitrogen and oxygen atoms in total. The molecule has 0 saturated carbocycles. The van der Waals surface area contributed by atoms with E-state index in [4.69, 9.17) is 5.11 Å². The van der Waals surface area contributed by atoms with Gasteiger partial charge in [-0.2, -0.15) is 0 Å². The Bertz CT molecular complexity index is 177. The van der Waals surface area contributed by atoms with Crippen LogP contribution < -0.4 is 10.6 Å². The molecule has 0 radical (unpaired) electrons. The lowest BCUT2D eigenvalue weighted by Crippen LogP contribution is -2.27. The van der Waals surface area contributed by atoms with E-state index >= 15 is 0 Å². The Hall–Kier alpha value is -0.610. The van der Waals surface area contributed by atoms with Crippen molar-refractivity contribution in [3.63, 3.8) is 0 Å². The molecule has 0 aliphatic carbocycles. The van der Waals surface area contributed by atoms with Gasteiger partial charge in [0.1, 0.15) is 0 Å². The Morgan fingerprint density at radius 3 is 3.13 bits per heavy atom. The Morgan fingerprint density at radius 1 is 1.47 bits per heavy atom. The number of hydrogen-bond donors (Lipinski definition) is 3. The van der Waals surface area contributed by atoms with Gasteiger partial charge in [0, 0.05) is 13.0 Å². The fourth-order valence-corrected chi connectivity index (χ4v) is 1.96. The molecule has 1 atom stereocenters. The van der Waals surface area contributed by atoms with Crippen LogP contribution in [0.15, 0.2) is 0 Å². The predicted octanol–water partition coefficient (Wildman–Crippen LogP) is 0.265. The van der Waals surface area contributed by atoms with Crippen molar-refractivity contribution in [2.24, 2.45) is 5.92 Å². The molecule has 0 spiro atoms. The monoisotopic (exact) mass is 214 g/mol. The molecule has 1 aliphatic rings. The molecular weight excluding hydrogens is 192 g/mol. The Labute approximate surface area is 91.4 Å². The van der Waals surface area contributed by atoms with Crippen molar-refractivity contribution in [3.8, 4) is 0 Å². The second-order valence-electron chi connectivity index (χ2n) is 4.18. The van der Waals surface area contributed by atoms with Gasteiger partial charge in [0.25, 0.3) is 0 Å². The van der Waals surface area contributed by atoms with E-state index < -0.39 is 0 Å². The van der Waals surface area contributed by atoms with Crippen LogP contribution in [0.4, 0.5) is 0 Å². The fraction of sp³-hybridized carbons (Fsp3) is 0.909. The largest absolute Gasteiger partial charge is 0.395 e. The molecule has 1 aliphatic heterocycles. The first-order valence-electron chi connectivity index (χ1n) is 5.91. The summed E-state index contributed by atoms with van der Waals surface area (Å²) in [5, 5.41) is 14.6. The average Bonchev–Trinajstić information content (AvgIpc) is 2.51. The van der Waals surface area contributed by atoms with Gasteiger partial charge in [-0.15, -0.1) is 0 Å². The van der Waals surface area contributed by atoms with Gasteiger partial charge in [0.05, 0.1) is 6.61 Å². The summed E-state index contributed by atoms with van der Waals surface area (Å²) in [7, 11) is 0. The van der Waals surface area contributed by atoms with Crippen molar-refractivity contribution in [1.82, 2.24) is 10.6 Å². The fourth-order valence-electron chi connectivity index (χ4n) is 1.96. The molecule has 1 saturated heterocycles. The van der Waals surface area contributed by atoms with E-state index in [1.165, 1.54) is 19.3 Å². The van der Waals surface area contributed by atoms with Gasteiger partial charge < -0.3 is 15.7 Å². The third kappa shape index (κ3) is 5.74. The van der Waals surface area contributed by atoms with Gasteiger partial charge >= 0.3 is 0 Å². The SMILES string of the molecule is O=C(CCC1CCCCNC1)NCCO. The Balaban J connectivity index is 2.09. The molecule has 0 aromatic heterocycles. The third-order valence-corrected chi connectivity index (χ3v) is 2.86. The summed E-state index contributed by atoms with van der Waals surface area (Å²) in [6.45, 7) is 2.57. The predicted molar refractivity (Wildman–Crippen MR) is 59.5 cm³/mol. The molecule has 3 N–H and O–H groups in total. The number of amides is 1. The lowest BCUT2D eigenvalue weighted by molar-refractivity contribution is -0.121. The number of carbonyl (C=O) groups is 1. The highest BCUT2D eigenvalue weighted by Gasteiger charge is 2.13.